The summed E-state index contributed by atoms with van der Waals surface area (Å²) in [4.78, 5) is 0. The Hall–Kier alpha value is -0.730. The number of nitrogens with one attached hydrogen (secondary N) is 1. The Bertz CT molecular complexity index is 283. The maximum absolute atomic E-state index is 5.90. The molecule has 0 amide bonds. The first-order valence-electron chi connectivity index (χ1n) is 4.80. The van der Waals surface area contributed by atoms with Crippen LogP contribution in [0.3, 0.4) is 0 Å². The minimum atomic E-state index is 0.279. The second-order valence-corrected chi connectivity index (χ2v) is 3.55. The van der Waals surface area contributed by atoms with Crippen LogP contribution >= 0.6 is 11.6 Å². The van der Waals surface area contributed by atoms with E-state index in [2.05, 4.69) is 11.9 Å². The lowest BCUT2D eigenvalue weighted by molar-refractivity contribution is 0.513. The molecule has 0 radical (unpaired) electrons. The molecule has 1 atom stereocenters. The molecule has 1 aromatic rings. The van der Waals surface area contributed by atoms with Crippen molar-refractivity contribution < 1.29 is 4.42 Å². The van der Waals surface area contributed by atoms with Crippen LogP contribution in [-0.2, 0) is 0 Å². The third-order valence-corrected chi connectivity index (χ3v) is 2.58. The van der Waals surface area contributed by atoms with E-state index >= 15 is 0 Å². The first-order chi connectivity index (χ1) is 6.79. The molecule has 1 aromatic heterocycles. The van der Waals surface area contributed by atoms with Gasteiger partial charge in [-0.25, -0.2) is 0 Å². The van der Waals surface area contributed by atoms with Crippen LogP contribution in [0.15, 0.2) is 29.4 Å². The van der Waals surface area contributed by atoms with Gasteiger partial charge in [0.15, 0.2) is 5.22 Å². The van der Waals surface area contributed by atoms with Gasteiger partial charge in [-0.2, -0.15) is 0 Å². The molecule has 1 N–H and O–H groups in total. The number of rotatable bonds is 6. The minimum Gasteiger partial charge on any atom is -0.453 e. The van der Waals surface area contributed by atoms with E-state index in [1.807, 2.05) is 19.2 Å². The van der Waals surface area contributed by atoms with Crippen molar-refractivity contribution in [2.45, 2.75) is 25.3 Å². The molecule has 14 heavy (non-hydrogen) atoms. The lowest BCUT2D eigenvalue weighted by Crippen LogP contribution is -2.15. The molecule has 78 valence electrons. The van der Waals surface area contributed by atoms with Crippen molar-refractivity contribution in [3.05, 3.63) is 35.8 Å². The van der Waals surface area contributed by atoms with E-state index in [4.69, 9.17) is 16.0 Å². The standard InChI is InChI=1S/C11H16ClNO/c1-3-4-5-6-10(13-2)9-7-8-14-11(9)12/h3,7-8,10,13H,1,4-6H2,2H3. The Kier molecular flexibility index (Phi) is 4.77. The third kappa shape index (κ3) is 2.89. The van der Waals surface area contributed by atoms with Crippen molar-refractivity contribution in [1.29, 1.82) is 0 Å². The molecule has 0 bridgehead atoms. The molecular weight excluding hydrogens is 198 g/mol. The van der Waals surface area contributed by atoms with Crippen molar-refractivity contribution >= 4 is 11.6 Å². The van der Waals surface area contributed by atoms with Crippen LogP contribution < -0.4 is 5.32 Å². The van der Waals surface area contributed by atoms with Crippen molar-refractivity contribution in [1.82, 2.24) is 5.32 Å². The molecule has 0 saturated heterocycles. The number of unbranched alkanes of at least 4 members (excludes halogenated alkanes) is 1. The number of furan rings is 1. The predicted octanol–water partition coefficient (Wildman–Crippen LogP) is 3.55. The highest BCUT2D eigenvalue weighted by Gasteiger charge is 2.14. The molecule has 0 fully saturated rings. The van der Waals surface area contributed by atoms with E-state index in [-0.39, 0.29) is 6.04 Å². The first-order valence-corrected chi connectivity index (χ1v) is 5.18. The van der Waals surface area contributed by atoms with E-state index in [1.165, 1.54) is 0 Å². The van der Waals surface area contributed by atoms with Gasteiger partial charge in [0.25, 0.3) is 0 Å². The molecule has 0 aromatic carbocycles. The molecule has 2 nitrogen and oxygen atoms in total. The fourth-order valence-corrected chi connectivity index (χ4v) is 1.72. The second-order valence-electron chi connectivity index (χ2n) is 3.21. The average Bonchev–Trinajstić information content (AvgIpc) is 2.60. The smallest absolute Gasteiger partial charge is 0.197 e. The summed E-state index contributed by atoms with van der Waals surface area (Å²) >= 11 is 5.90. The Labute approximate surface area is 89.9 Å². The predicted molar refractivity (Wildman–Crippen MR) is 59.6 cm³/mol. The van der Waals surface area contributed by atoms with Crippen molar-refractivity contribution in [2.75, 3.05) is 7.05 Å². The highest BCUT2D eigenvalue weighted by atomic mass is 35.5. The van der Waals surface area contributed by atoms with Gasteiger partial charge >= 0.3 is 0 Å². The van der Waals surface area contributed by atoms with Gasteiger partial charge in [0.2, 0.25) is 0 Å². The summed E-state index contributed by atoms with van der Waals surface area (Å²) in [5.41, 5.74) is 1.04. The van der Waals surface area contributed by atoms with Crippen LogP contribution in [0.4, 0.5) is 0 Å². The molecular formula is C11H16ClNO. The third-order valence-electron chi connectivity index (χ3n) is 2.27. The van der Waals surface area contributed by atoms with Crippen LogP contribution in [0.25, 0.3) is 0 Å². The van der Waals surface area contributed by atoms with Crippen LogP contribution in [0, 0.1) is 0 Å². The van der Waals surface area contributed by atoms with Gasteiger partial charge in [-0.05, 0) is 44.0 Å². The fourth-order valence-electron chi connectivity index (χ4n) is 1.48. The Morgan fingerprint density at radius 3 is 3.00 bits per heavy atom. The molecule has 0 aliphatic rings. The minimum absolute atomic E-state index is 0.279. The van der Waals surface area contributed by atoms with Gasteiger partial charge in [-0.15, -0.1) is 6.58 Å². The lowest BCUT2D eigenvalue weighted by Gasteiger charge is -2.13. The molecule has 0 saturated carbocycles. The Morgan fingerprint density at radius 2 is 2.50 bits per heavy atom. The topological polar surface area (TPSA) is 25.2 Å². The maximum Gasteiger partial charge on any atom is 0.197 e. The zero-order valence-corrected chi connectivity index (χ0v) is 9.18. The van der Waals surface area contributed by atoms with Crippen LogP contribution in [-0.4, -0.2) is 7.05 Å². The van der Waals surface area contributed by atoms with E-state index in [1.54, 1.807) is 6.26 Å². The normalized spacial score (nSPS) is 12.7. The molecule has 0 aliphatic carbocycles. The zero-order chi connectivity index (χ0) is 10.4. The summed E-state index contributed by atoms with van der Waals surface area (Å²) < 4.78 is 5.06. The average molecular weight is 214 g/mol. The Morgan fingerprint density at radius 1 is 1.71 bits per heavy atom. The monoisotopic (exact) mass is 213 g/mol. The highest BCUT2D eigenvalue weighted by molar-refractivity contribution is 6.29. The SMILES string of the molecule is C=CCCCC(NC)c1ccoc1Cl. The number of hydrogen-bond acceptors (Lipinski definition) is 2. The van der Waals surface area contributed by atoms with Gasteiger partial charge in [0, 0.05) is 11.6 Å². The van der Waals surface area contributed by atoms with Gasteiger partial charge in [-0.1, -0.05) is 6.08 Å². The molecule has 1 heterocycles. The van der Waals surface area contributed by atoms with E-state index in [0.29, 0.717) is 5.22 Å². The molecule has 1 unspecified atom stereocenters. The summed E-state index contributed by atoms with van der Waals surface area (Å²) in [7, 11) is 1.93. The van der Waals surface area contributed by atoms with Crippen LogP contribution in [0.1, 0.15) is 30.9 Å². The largest absolute Gasteiger partial charge is 0.453 e. The summed E-state index contributed by atoms with van der Waals surface area (Å²) in [5, 5.41) is 3.71. The fraction of sp³-hybridized carbons (Fsp3) is 0.455. The van der Waals surface area contributed by atoms with Crippen molar-refractivity contribution in [2.24, 2.45) is 0 Å². The summed E-state index contributed by atoms with van der Waals surface area (Å²) in [6.45, 7) is 3.70. The Balaban J connectivity index is 2.54. The highest BCUT2D eigenvalue weighted by Crippen LogP contribution is 2.27. The van der Waals surface area contributed by atoms with E-state index < -0.39 is 0 Å². The molecule has 0 aliphatic heterocycles. The number of halogens is 1. The summed E-state index contributed by atoms with van der Waals surface area (Å²) in [6.07, 6.45) is 6.74. The van der Waals surface area contributed by atoms with Gasteiger partial charge in [-0.3, -0.25) is 0 Å². The van der Waals surface area contributed by atoms with Gasteiger partial charge in [0.1, 0.15) is 0 Å². The number of allylic oxidation sites excluding steroid dienone is 1. The van der Waals surface area contributed by atoms with Crippen LogP contribution in [0.5, 0.6) is 0 Å². The number of hydrogen-bond donors (Lipinski definition) is 1. The first kappa shape index (κ1) is 11.3. The van der Waals surface area contributed by atoms with Crippen molar-refractivity contribution in [3.8, 4) is 0 Å². The molecule has 3 heteroatoms. The summed E-state index contributed by atoms with van der Waals surface area (Å²) in [6, 6.07) is 2.19. The second kappa shape index (κ2) is 5.89. The van der Waals surface area contributed by atoms with E-state index in [0.717, 1.165) is 24.8 Å². The van der Waals surface area contributed by atoms with Crippen LogP contribution in [0.2, 0.25) is 5.22 Å². The maximum atomic E-state index is 5.90. The summed E-state index contributed by atoms with van der Waals surface area (Å²) in [5.74, 6) is 0. The van der Waals surface area contributed by atoms with Gasteiger partial charge < -0.3 is 9.73 Å². The molecule has 0 spiro atoms. The quantitative estimate of drug-likeness (QED) is 0.578. The van der Waals surface area contributed by atoms with Gasteiger partial charge in [0.05, 0.1) is 6.26 Å². The molecule has 1 rings (SSSR count). The van der Waals surface area contributed by atoms with E-state index in [9.17, 15) is 0 Å². The van der Waals surface area contributed by atoms with Crippen molar-refractivity contribution in [3.63, 3.8) is 0 Å². The zero-order valence-electron chi connectivity index (χ0n) is 8.42. The lowest BCUT2D eigenvalue weighted by atomic mass is 10.0.